The van der Waals surface area contributed by atoms with E-state index in [1.807, 2.05) is 0 Å². The zero-order valence-electron chi connectivity index (χ0n) is 18.5. The molecule has 1 fully saturated rings. The summed E-state index contributed by atoms with van der Waals surface area (Å²) in [6, 6.07) is 12.3. The number of rotatable bonds is 5. The van der Waals surface area contributed by atoms with Crippen LogP contribution < -0.4 is 9.47 Å². The Bertz CT molecular complexity index is 1290. The van der Waals surface area contributed by atoms with Crippen LogP contribution >= 0.6 is 0 Å². The van der Waals surface area contributed by atoms with Crippen molar-refractivity contribution in [3.8, 4) is 17.2 Å². The summed E-state index contributed by atoms with van der Waals surface area (Å²) in [5.41, 5.74) is 1.74. The summed E-state index contributed by atoms with van der Waals surface area (Å²) in [6.07, 6.45) is 3.13. The topological polar surface area (TPSA) is 109 Å². The molecule has 3 aromatic rings. The number of phenolic OH excluding ortho intramolecular Hbond substituents is 1. The SMILES string of the molecule is COc1ccc(C2/C(=C(/O)c3ccc4c(c3)CCCO4)C(=O)C(=O)N2Cc2ccco2)cc1O. The van der Waals surface area contributed by atoms with Crippen LogP contribution in [0.5, 0.6) is 17.2 Å². The number of likely N-dealkylation sites (tertiary alicyclic amines) is 1. The Balaban J connectivity index is 1.65. The summed E-state index contributed by atoms with van der Waals surface area (Å²) in [4.78, 5) is 27.6. The van der Waals surface area contributed by atoms with E-state index in [0.717, 1.165) is 24.2 Å². The van der Waals surface area contributed by atoms with E-state index >= 15 is 0 Å². The van der Waals surface area contributed by atoms with Crippen LogP contribution in [0.4, 0.5) is 0 Å². The fraction of sp³-hybridized carbons (Fsp3) is 0.231. The van der Waals surface area contributed by atoms with E-state index < -0.39 is 17.7 Å². The van der Waals surface area contributed by atoms with Gasteiger partial charge in [0.2, 0.25) is 0 Å². The van der Waals surface area contributed by atoms with Crippen LogP contribution in [0.3, 0.4) is 0 Å². The number of methoxy groups -OCH3 is 1. The highest BCUT2D eigenvalue weighted by atomic mass is 16.5. The van der Waals surface area contributed by atoms with Gasteiger partial charge in [-0.15, -0.1) is 0 Å². The van der Waals surface area contributed by atoms with Crippen LogP contribution in [-0.2, 0) is 22.6 Å². The van der Waals surface area contributed by atoms with Crippen LogP contribution in [0.25, 0.3) is 5.76 Å². The van der Waals surface area contributed by atoms with E-state index in [1.54, 1.807) is 42.5 Å². The van der Waals surface area contributed by atoms with Crippen molar-refractivity contribution in [3.63, 3.8) is 0 Å². The molecule has 1 aromatic heterocycles. The van der Waals surface area contributed by atoms with Crippen molar-refractivity contribution >= 4 is 17.4 Å². The standard InChI is InChI=1S/C26H23NO7/c1-32-21-9-6-16(13-19(21)28)23-22(25(30)26(31)27(23)14-18-5-3-10-33-18)24(29)17-7-8-20-15(12-17)4-2-11-34-20/h3,5-10,12-13,23,28-29H,2,4,11,14H2,1H3/b24-22-. The predicted molar refractivity (Wildman–Crippen MR) is 121 cm³/mol. The molecule has 0 saturated carbocycles. The summed E-state index contributed by atoms with van der Waals surface area (Å²) in [7, 11) is 1.43. The summed E-state index contributed by atoms with van der Waals surface area (Å²) in [5.74, 6) is -0.518. The third kappa shape index (κ3) is 3.67. The molecule has 2 N–H and O–H groups in total. The number of ketones is 1. The molecule has 8 heteroatoms. The van der Waals surface area contributed by atoms with E-state index in [2.05, 4.69) is 0 Å². The lowest BCUT2D eigenvalue weighted by molar-refractivity contribution is -0.140. The molecule has 8 nitrogen and oxygen atoms in total. The Morgan fingerprint density at radius 2 is 2.03 bits per heavy atom. The van der Waals surface area contributed by atoms with Crippen LogP contribution in [0.15, 0.2) is 64.8 Å². The Morgan fingerprint density at radius 3 is 2.76 bits per heavy atom. The molecule has 1 atom stereocenters. The van der Waals surface area contributed by atoms with Crippen molar-refractivity contribution < 1.29 is 33.7 Å². The van der Waals surface area contributed by atoms with Gasteiger partial charge in [0.15, 0.2) is 11.5 Å². The molecule has 1 unspecified atom stereocenters. The monoisotopic (exact) mass is 461 g/mol. The van der Waals surface area contributed by atoms with Crippen molar-refractivity contribution in [1.82, 2.24) is 4.90 Å². The van der Waals surface area contributed by atoms with E-state index in [1.165, 1.54) is 24.3 Å². The molecule has 3 heterocycles. The molecule has 2 aliphatic heterocycles. The van der Waals surface area contributed by atoms with Crippen molar-refractivity contribution in [3.05, 3.63) is 82.8 Å². The highest BCUT2D eigenvalue weighted by Gasteiger charge is 2.46. The van der Waals surface area contributed by atoms with E-state index in [9.17, 15) is 19.8 Å². The third-order valence-electron chi connectivity index (χ3n) is 6.15. The van der Waals surface area contributed by atoms with Gasteiger partial charge < -0.3 is 29.0 Å². The first kappa shape index (κ1) is 21.6. The maximum atomic E-state index is 13.2. The number of ether oxygens (including phenoxy) is 2. The quantitative estimate of drug-likeness (QED) is 0.336. The number of aryl methyl sites for hydroxylation is 1. The van der Waals surface area contributed by atoms with E-state index in [-0.39, 0.29) is 29.4 Å². The number of aliphatic hydroxyl groups is 1. The Labute approximate surface area is 195 Å². The summed E-state index contributed by atoms with van der Waals surface area (Å²) in [6.45, 7) is 0.654. The summed E-state index contributed by atoms with van der Waals surface area (Å²) < 4.78 is 16.2. The lowest BCUT2D eigenvalue weighted by Crippen LogP contribution is -2.29. The Morgan fingerprint density at radius 1 is 1.18 bits per heavy atom. The normalized spacial score (nSPS) is 19.1. The molecule has 0 radical (unpaired) electrons. The number of hydrogen-bond acceptors (Lipinski definition) is 7. The summed E-state index contributed by atoms with van der Waals surface area (Å²) >= 11 is 0. The summed E-state index contributed by atoms with van der Waals surface area (Å²) in [5, 5.41) is 21.7. The van der Waals surface area contributed by atoms with Gasteiger partial charge in [0.05, 0.1) is 38.1 Å². The van der Waals surface area contributed by atoms with Gasteiger partial charge in [-0.1, -0.05) is 6.07 Å². The number of furan rings is 1. The number of hydrogen-bond donors (Lipinski definition) is 2. The van der Waals surface area contributed by atoms with Gasteiger partial charge in [0, 0.05) is 5.56 Å². The number of phenols is 1. The molecule has 0 spiro atoms. The molecule has 1 amide bonds. The number of carbonyl (C=O) groups excluding carboxylic acids is 2. The number of fused-ring (bicyclic) bond motifs is 1. The van der Waals surface area contributed by atoms with Gasteiger partial charge in [-0.25, -0.2) is 0 Å². The first-order valence-corrected chi connectivity index (χ1v) is 10.9. The Hall–Kier alpha value is -4.20. The number of aliphatic hydroxyl groups excluding tert-OH is 1. The molecule has 5 rings (SSSR count). The van der Waals surface area contributed by atoms with Crippen LogP contribution in [0, 0.1) is 0 Å². The Kier molecular flexibility index (Phi) is 5.49. The molecule has 34 heavy (non-hydrogen) atoms. The minimum absolute atomic E-state index is 0.0177. The second kappa shape index (κ2) is 8.62. The van der Waals surface area contributed by atoms with Crippen LogP contribution in [-0.4, -0.2) is 40.5 Å². The second-order valence-electron chi connectivity index (χ2n) is 8.21. The highest BCUT2D eigenvalue weighted by molar-refractivity contribution is 6.46. The number of benzene rings is 2. The smallest absolute Gasteiger partial charge is 0.296 e. The lowest BCUT2D eigenvalue weighted by atomic mass is 9.93. The lowest BCUT2D eigenvalue weighted by Gasteiger charge is -2.25. The fourth-order valence-corrected chi connectivity index (χ4v) is 4.50. The minimum atomic E-state index is -0.936. The zero-order chi connectivity index (χ0) is 23.8. The molecular formula is C26H23NO7. The molecule has 0 bridgehead atoms. The predicted octanol–water partition coefficient (Wildman–Crippen LogP) is 3.94. The van der Waals surface area contributed by atoms with Gasteiger partial charge in [0.25, 0.3) is 11.7 Å². The number of carbonyl (C=O) groups is 2. The highest BCUT2D eigenvalue weighted by Crippen LogP contribution is 2.43. The van der Waals surface area contributed by atoms with Crippen molar-refractivity contribution in [1.29, 1.82) is 0 Å². The van der Waals surface area contributed by atoms with Crippen molar-refractivity contribution in [2.24, 2.45) is 0 Å². The van der Waals surface area contributed by atoms with Crippen molar-refractivity contribution in [2.75, 3.05) is 13.7 Å². The van der Waals surface area contributed by atoms with Crippen molar-refractivity contribution in [2.45, 2.75) is 25.4 Å². The minimum Gasteiger partial charge on any atom is -0.507 e. The van der Waals surface area contributed by atoms with Crippen LogP contribution in [0.2, 0.25) is 0 Å². The molecule has 1 saturated heterocycles. The average molecular weight is 461 g/mol. The van der Waals surface area contributed by atoms with Gasteiger partial charge in [0.1, 0.15) is 17.3 Å². The molecular weight excluding hydrogens is 438 g/mol. The molecule has 2 aromatic carbocycles. The number of Topliss-reactive ketones (excluding diaryl/α,β-unsaturated/α-hetero) is 1. The average Bonchev–Trinajstić information content (AvgIpc) is 3.45. The van der Waals surface area contributed by atoms with Gasteiger partial charge in [-0.2, -0.15) is 0 Å². The van der Waals surface area contributed by atoms with Gasteiger partial charge in [-0.05, 0) is 66.4 Å². The number of nitrogens with zero attached hydrogens (tertiary/aromatic N) is 1. The molecule has 174 valence electrons. The first-order chi connectivity index (χ1) is 16.5. The zero-order valence-corrected chi connectivity index (χ0v) is 18.5. The maximum Gasteiger partial charge on any atom is 0.296 e. The van der Waals surface area contributed by atoms with Gasteiger partial charge in [-0.3, -0.25) is 9.59 Å². The van der Waals surface area contributed by atoms with Crippen LogP contribution in [0.1, 0.15) is 34.9 Å². The third-order valence-corrected chi connectivity index (χ3v) is 6.15. The molecule has 0 aliphatic carbocycles. The van der Waals surface area contributed by atoms with Gasteiger partial charge >= 0.3 is 0 Å². The van der Waals surface area contributed by atoms with E-state index in [0.29, 0.717) is 23.5 Å². The first-order valence-electron chi connectivity index (χ1n) is 10.9. The van der Waals surface area contributed by atoms with E-state index in [4.69, 9.17) is 13.9 Å². The largest absolute Gasteiger partial charge is 0.507 e. The molecule has 2 aliphatic rings. The number of aromatic hydroxyl groups is 1. The maximum absolute atomic E-state index is 13.2. The second-order valence-corrected chi connectivity index (χ2v) is 8.21. The number of amides is 1. The fourth-order valence-electron chi connectivity index (χ4n) is 4.50.